The zero-order valence-corrected chi connectivity index (χ0v) is 16.2. The molecule has 0 unspecified atom stereocenters. The van der Waals surface area contributed by atoms with Gasteiger partial charge in [0.15, 0.2) is 0 Å². The second kappa shape index (κ2) is 11.0. The van der Waals surface area contributed by atoms with Gasteiger partial charge < -0.3 is 15.5 Å². The molecular weight excluding hydrogens is 353 g/mol. The van der Waals surface area contributed by atoms with E-state index in [2.05, 4.69) is 36.1 Å². The average Bonchev–Trinajstić information content (AvgIpc) is 2.52. The number of nitrogens with two attached hydrogens (primary N) is 1. The lowest BCUT2D eigenvalue weighted by Gasteiger charge is -2.37. The van der Waals surface area contributed by atoms with E-state index in [1.54, 1.807) is 11.8 Å². The van der Waals surface area contributed by atoms with Crippen LogP contribution in [0.5, 0.6) is 0 Å². The highest BCUT2D eigenvalue weighted by atomic mass is 35.5. The fourth-order valence-corrected chi connectivity index (χ4v) is 3.18. The van der Waals surface area contributed by atoms with Gasteiger partial charge in [-0.25, -0.2) is 0 Å². The van der Waals surface area contributed by atoms with E-state index < -0.39 is 0 Å². The standard InChI is InChI=1S/C16H25N3OS.2ClH/c1-13-5-3-4-6-15(13)18-8-10-19(11-9-18)16(20)14(17)7-12-21-2;;/h3-6,14H,7-12,17H2,1-2H3;2*1H/t14-;;/m0../s1. The number of halogens is 2. The van der Waals surface area contributed by atoms with E-state index in [9.17, 15) is 4.79 Å². The van der Waals surface area contributed by atoms with Crippen LogP contribution in [-0.2, 0) is 4.79 Å². The number of hydrogen-bond acceptors (Lipinski definition) is 4. The molecular formula is C16H27Cl2N3OS. The van der Waals surface area contributed by atoms with E-state index in [1.807, 2.05) is 11.2 Å². The van der Waals surface area contributed by atoms with Crippen LogP contribution in [0, 0.1) is 6.92 Å². The van der Waals surface area contributed by atoms with E-state index in [0.717, 1.165) is 38.4 Å². The smallest absolute Gasteiger partial charge is 0.239 e. The van der Waals surface area contributed by atoms with E-state index in [-0.39, 0.29) is 36.8 Å². The van der Waals surface area contributed by atoms with E-state index >= 15 is 0 Å². The molecule has 0 aliphatic carbocycles. The molecule has 132 valence electrons. The van der Waals surface area contributed by atoms with Crippen molar-refractivity contribution in [2.24, 2.45) is 5.73 Å². The molecule has 2 N–H and O–H groups in total. The third-order valence-corrected chi connectivity index (χ3v) is 4.64. The number of thioether (sulfide) groups is 1. The molecule has 1 saturated heterocycles. The molecule has 2 rings (SSSR count). The van der Waals surface area contributed by atoms with Crippen molar-refractivity contribution >= 4 is 48.2 Å². The molecule has 1 aliphatic heterocycles. The minimum absolute atomic E-state index is 0. The van der Waals surface area contributed by atoms with Gasteiger partial charge in [-0.3, -0.25) is 4.79 Å². The molecule has 1 fully saturated rings. The third-order valence-electron chi connectivity index (χ3n) is 4.00. The molecule has 0 saturated carbocycles. The maximum atomic E-state index is 12.3. The Morgan fingerprint density at radius 3 is 2.39 bits per heavy atom. The van der Waals surface area contributed by atoms with Crippen molar-refractivity contribution in [1.82, 2.24) is 4.90 Å². The minimum Gasteiger partial charge on any atom is -0.368 e. The van der Waals surface area contributed by atoms with Gasteiger partial charge in [-0.2, -0.15) is 11.8 Å². The van der Waals surface area contributed by atoms with Crippen molar-refractivity contribution in [3.05, 3.63) is 29.8 Å². The monoisotopic (exact) mass is 379 g/mol. The molecule has 0 aromatic heterocycles. The Morgan fingerprint density at radius 2 is 1.83 bits per heavy atom. The van der Waals surface area contributed by atoms with Crippen molar-refractivity contribution < 1.29 is 4.79 Å². The molecule has 0 spiro atoms. The Bertz CT molecular complexity index is 482. The molecule has 0 radical (unpaired) electrons. The highest BCUT2D eigenvalue weighted by Crippen LogP contribution is 2.21. The molecule has 0 bridgehead atoms. The van der Waals surface area contributed by atoms with Gasteiger partial charge in [0, 0.05) is 31.9 Å². The summed E-state index contributed by atoms with van der Waals surface area (Å²) in [7, 11) is 0. The molecule has 1 aromatic carbocycles. The zero-order chi connectivity index (χ0) is 15.2. The van der Waals surface area contributed by atoms with Crippen molar-refractivity contribution in [1.29, 1.82) is 0 Å². The normalized spacial score (nSPS) is 15.4. The summed E-state index contributed by atoms with van der Waals surface area (Å²) in [6.07, 6.45) is 2.80. The van der Waals surface area contributed by atoms with Gasteiger partial charge >= 0.3 is 0 Å². The quantitative estimate of drug-likeness (QED) is 0.853. The van der Waals surface area contributed by atoms with Gasteiger partial charge in [0.25, 0.3) is 0 Å². The third kappa shape index (κ3) is 6.07. The lowest BCUT2D eigenvalue weighted by molar-refractivity contribution is -0.132. The fourth-order valence-electron chi connectivity index (χ4n) is 2.69. The summed E-state index contributed by atoms with van der Waals surface area (Å²) >= 11 is 1.73. The number of piperazine rings is 1. The predicted octanol–water partition coefficient (Wildman–Crippen LogP) is 2.57. The van der Waals surface area contributed by atoms with Crippen molar-refractivity contribution in [2.75, 3.05) is 43.1 Å². The number of para-hydroxylation sites is 1. The number of rotatable bonds is 5. The first kappa shape index (κ1) is 22.4. The number of carbonyl (C=O) groups is 1. The molecule has 7 heteroatoms. The van der Waals surface area contributed by atoms with Gasteiger partial charge in [0.1, 0.15) is 0 Å². The number of nitrogens with zero attached hydrogens (tertiary/aromatic N) is 2. The summed E-state index contributed by atoms with van der Waals surface area (Å²) < 4.78 is 0. The molecule has 1 atom stereocenters. The fraction of sp³-hybridized carbons (Fsp3) is 0.562. The van der Waals surface area contributed by atoms with Gasteiger partial charge in [-0.1, -0.05) is 18.2 Å². The van der Waals surface area contributed by atoms with Crippen molar-refractivity contribution in [3.63, 3.8) is 0 Å². The lowest BCUT2D eigenvalue weighted by atomic mass is 10.1. The summed E-state index contributed by atoms with van der Waals surface area (Å²) in [6, 6.07) is 8.06. The molecule has 23 heavy (non-hydrogen) atoms. The van der Waals surface area contributed by atoms with Crippen LogP contribution in [0.1, 0.15) is 12.0 Å². The number of hydrogen-bond donors (Lipinski definition) is 1. The van der Waals surface area contributed by atoms with Crippen molar-refractivity contribution in [2.45, 2.75) is 19.4 Å². The number of anilines is 1. The molecule has 1 amide bonds. The van der Waals surface area contributed by atoms with E-state index in [4.69, 9.17) is 5.73 Å². The Kier molecular flexibility index (Phi) is 10.7. The van der Waals surface area contributed by atoms with Crippen LogP contribution in [0.3, 0.4) is 0 Å². The minimum atomic E-state index is -0.345. The van der Waals surface area contributed by atoms with Crippen molar-refractivity contribution in [3.8, 4) is 0 Å². The van der Waals surface area contributed by atoms with Gasteiger partial charge in [0.05, 0.1) is 6.04 Å². The first-order valence-corrected chi connectivity index (χ1v) is 8.86. The highest BCUT2D eigenvalue weighted by Gasteiger charge is 2.25. The number of amides is 1. The van der Waals surface area contributed by atoms with Crippen LogP contribution >= 0.6 is 36.6 Å². The first-order chi connectivity index (χ1) is 10.1. The second-order valence-corrected chi connectivity index (χ2v) is 6.47. The molecule has 4 nitrogen and oxygen atoms in total. The topological polar surface area (TPSA) is 49.6 Å². The van der Waals surface area contributed by atoms with E-state index in [1.165, 1.54) is 11.3 Å². The van der Waals surface area contributed by atoms with Crippen LogP contribution in [0.15, 0.2) is 24.3 Å². The Hall–Kier alpha value is -0.620. The average molecular weight is 380 g/mol. The Labute approximate surface area is 156 Å². The highest BCUT2D eigenvalue weighted by molar-refractivity contribution is 7.98. The first-order valence-electron chi connectivity index (χ1n) is 7.47. The SMILES string of the molecule is CSCC[C@H](N)C(=O)N1CCN(c2ccccc2C)CC1.Cl.Cl. The Morgan fingerprint density at radius 1 is 1.22 bits per heavy atom. The zero-order valence-electron chi connectivity index (χ0n) is 13.7. The summed E-state index contributed by atoms with van der Waals surface area (Å²) in [5, 5.41) is 0. The predicted molar refractivity (Wildman–Crippen MR) is 105 cm³/mol. The summed E-state index contributed by atoms with van der Waals surface area (Å²) in [6.45, 7) is 5.42. The number of carbonyl (C=O) groups excluding carboxylic acids is 1. The second-order valence-electron chi connectivity index (χ2n) is 5.49. The summed E-state index contributed by atoms with van der Waals surface area (Å²) in [5.41, 5.74) is 8.55. The number of benzene rings is 1. The van der Waals surface area contributed by atoms with Gasteiger partial charge in [0.2, 0.25) is 5.91 Å². The maximum absolute atomic E-state index is 12.3. The van der Waals surface area contributed by atoms with Crippen LogP contribution in [0.2, 0.25) is 0 Å². The molecule has 1 heterocycles. The largest absolute Gasteiger partial charge is 0.368 e. The summed E-state index contributed by atoms with van der Waals surface area (Å²) in [4.78, 5) is 16.6. The van der Waals surface area contributed by atoms with Crippen LogP contribution in [0.4, 0.5) is 5.69 Å². The van der Waals surface area contributed by atoms with Gasteiger partial charge in [-0.15, -0.1) is 24.8 Å². The van der Waals surface area contributed by atoms with Gasteiger partial charge in [-0.05, 0) is 37.0 Å². The molecule has 1 aromatic rings. The van der Waals surface area contributed by atoms with Crippen LogP contribution < -0.4 is 10.6 Å². The summed E-state index contributed by atoms with van der Waals surface area (Å²) in [5.74, 6) is 1.05. The maximum Gasteiger partial charge on any atom is 0.239 e. The number of aryl methyl sites for hydroxylation is 1. The lowest BCUT2D eigenvalue weighted by Crippen LogP contribution is -2.53. The van der Waals surface area contributed by atoms with Crippen LogP contribution in [-0.4, -0.2) is 55.0 Å². The molecule has 1 aliphatic rings. The van der Waals surface area contributed by atoms with Crippen LogP contribution in [0.25, 0.3) is 0 Å². The van der Waals surface area contributed by atoms with E-state index in [0.29, 0.717) is 0 Å². The Balaban J connectivity index is 0.00000242.